The summed E-state index contributed by atoms with van der Waals surface area (Å²) in [7, 11) is -3.84. The van der Waals surface area contributed by atoms with Gasteiger partial charge in [0.1, 0.15) is 4.90 Å². The van der Waals surface area contributed by atoms with Gasteiger partial charge in [-0.15, -0.1) is 0 Å². The molecule has 122 valence electrons. The Bertz CT molecular complexity index is 704. The molecule has 1 atom stereocenters. The van der Waals surface area contributed by atoms with Crippen molar-refractivity contribution in [2.75, 3.05) is 13.1 Å². The number of nitrogens with zero attached hydrogens (tertiary/aromatic N) is 2. The summed E-state index contributed by atoms with van der Waals surface area (Å²) in [6.45, 7) is 5.80. The van der Waals surface area contributed by atoms with E-state index in [1.165, 1.54) is 10.4 Å². The molecule has 0 radical (unpaired) electrons. The van der Waals surface area contributed by atoms with Gasteiger partial charge in [-0.25, -0.2) is 8.42 Å². The number of nitro benzene ring substituents is 1. The number of benzene rings is 1. The molecule has 1 aromatic rings. The van der Waals surface area contributed by atoms with Gasteiger partial charge in [0.05, 0.1) is 21.7 Å². The van der Waals surface area contributed by atoms with E-state index in [1.54, 1.807) is 6.92 Å². The molecule has 22 heavy (non-hydrogen) atoms. The number of halogens is 1. The van der Waals surface area contributed by atoms with Crippen molar-refractivity contribution < 1.29 is 18.1 Å². The van der Waals surface area contributed by atoms with Crippen LogP contribution < -0.4 is 0 Å². The van der Waals surface area contributed by atoms with Crippen LogP contribution in [0.2, 0.25) is 5.02 Å². The quantitative estimate of drug-likeness (QED) is 0.618. The number of nitro groups is 1. The SMILES string of the molecule is CC1CN(S(=O)(=O)c2ccc([N+](=O)[O-])cc2Cl)CC(C)(C)O1. The van der Waals surface area contributed by atoms with Crippen LogP contribution >= 0.6 is 11.6 Å². The average molecular weight is 349 g/mol. The highest BCUT2D eigenvalue weighted by molar-refractivity contribution is 7.89. The fourth-order valence-corrected chi connectivity index (χ4v) is 4.71. The minimum atomic E-state index is -3.84. The van der Waals surface area contributed by atoms with E-state index >= 15 is 0 Å². The molecule has 0 saturated carbocycles. The largest absolute Gasteiger partial charge is 0.370 e. The molecule has 9 heteroatoms. The van der Waals surface area contributed by atoms with Crippen molar-refractivity contribution in [1.29, 1.82) is 0 Å². The van der Waals surface area contributed by atoms with Gasteiger partial charge in [-0.1, -0.05) is 11.6 Å². The first-order valence-corrected chi connectivity index (χ1v) is 8.47. The first-order chi connectivity index (χ1) is 10.0. The fraction of sp³-hybridized carbons (Fsp3) is 0.538. The Morgan fingerprint density at radius 3 is 2.59 bits per heavy atom. The van der Waals surface area contributed by atoms with Crippen molar-refractivity contribution in [2.45, 2.75) is 37.4 Å². The summed E-state index contributed by atoms with van der Waals surface area (Å²) >= 11 is 5.94. The second kappa shape index (κ2) is 5.77. The van der Waals surface area contributed by atoms with Crippen LogP contribution in [-0.4, -0.2) is 42.4 Å². The molecule has 1 aliphatic heterocycles. The normalized spacial score (nSPS) is 22.5. The number of rotatable bonds is 3. The van der Waals surface area contributed by atoms with Gasteiger partial charge >= 0.3 is 0 Å². The van der Waals surface area contributed by atoms with Crippen LogP contribution in [0.4, 0.5) is 5.69 Å². The van der Waals surface area contributed by atoms with E-state index in [1.807, 2.05) is 13.8 Å². The number of non-ortho nitro benzene ring substituents is 1. The maximum Gasteiger partial charge on any atom is 0.271 e. The van der Waals surface area contributed by atoms with E-state index in [0.29, 0.717) is 0 Å². The topological polar surface area (TPSA) is 89.8 Å². The number of ether oxygens (including phenoxy) is 1. The zero-order valence-electron chi connectivity index (χ0n) is 12.4. The average Bonchev–Trinajstić information content (AvgIpc) is 2.35. The number of hydrogen-bond acceptors (Lipinski definition) is 5. The highest BCUT2D eigenvalue weighted by atomic mass is 35.5. The molecule has 0 amide bonds. The molecule has 1 unspecified atom stereocenters. The van der Waals surface area contributed by atoms with Gasteiger partial charge in [0, 0.05) is 25.2 Å². The van der Waals surface area contributed by atoms with Gasteiger partial charge in [0.25, 0.3) is 5.69 Å². The maximum atomic E-state index is 12.7. The summed E-state index contributed by atoms with van der Waals surface area (Å²) in [4.78, 5) is 9.96. The Kier molecular flexibility index (Phi) is 4.49. The monoisotopic (exact) mass is 348 g/mol. The van der Waals surface area contributed by atoms with Crippen LogP contribution in [-0.2, 0) is 14.8 Å². The van der Waals surface area contributed by atoms with Crippen molar-refractivity contribution in [3.05, 3.63) is 33.3 Å². The van der Waals surface area contributed by atoms with Crippen molar-refractivity contribution >= 4 is 27.3 Å². The summed E-state index contributed by atoms with van der Waals surface area (Å²) in [6.07, 6.45) is -0.254. The second-order valence-electron chi connectivity index (χ2n) is 5.86. The molecule has 1 fully saturated rings. The second-order valence-corrected chi connectivity index (χ2v) is 8.17. The smallest absolute Gasteiger partial charge is 0.271 e. The third-order valence-corrected chi connectivity index (χ3v) is 5.58. The van der Waals surface area contributed by atoms with Crippen molar-refractivity contribution in [3.63, 3.8) is 0 Å². The summed E-state index contributed by atoms with van der Waals surface area (Å²) < 4.78 is 32.5. The maximum absolute atomic E-state index is 12.7. The molecule has 7 nitrogen and oxygen atoms in total. The van der Waals surface area contributed by atoms with E-state index in [4.69, 9.17) is 16.3 Å². The summed E-state index contributed by atoms with van der Waals surface area (Å²) in [6, 6.07) is 3.35. The molecule has 1 saturated heterocycles. The van der Waals surface area contributed by atoms with Gasteiger partial charge in [-0.05, 0) is 26.8 Å². The first-order valence-electron chi connectivity index (χ1n) is 6.65. The third-order valence-electron chi connectivity index (χ3n) is 3.28. The lowest BCUT2D eigenvalue weighted by Gasteiger charge is -2.40. The first kappa shape index (κ1) is 17.1. The fourth-order valence-electron chi connectivity index (χ4n) is 2.53. The molecule has 0 N–H and O–H groups in total. The number of sulfonamides is 1. The van der Waals surface area contributed by atoms with Gasteiger partial charge in [0.15, 0.2) is 0 Å². The highest BCUT2D eigenvalue weighted by Crippen LogP contribution is 2.31. The minimum absolute atomic E-state index is 0.135. The van der Waals surface area contributed by atoms with E-state index in [9.17, 15) is 18.5 Å². The van der Waals surface area contributed by atoms with Crippen LogP contribution in [0.1, 0.15) is 20.8 Å². The zero-order valence-corrected chi connectivity index (χ0v) is 14.0. The molecule has 0 aliphatic carbocycles. The lowest BCUT2D eigenvalue weighted by molar-refractivity contribution is -0.384. The molecule has 2 rings (SSSR count). The van der Waals surface area contributed by atoms with Crippen LogP contribution in [0.5, 0.6) is 0 Å². The molecular formula is C13H17ClN2O5S. The molecule has 0 spiro atoms. The molecular weight excluding hydrogens is 332 g/mol. The number of morpholine rings is 1. The Labute approximate surface area is 134 Å². The van der Waals surface area contributed by atoms with Crippen LogP contribution in [0, 0.1) is 10.1 Å². The predicted octanol–water partition coefficient (Wildman–Crippen LogP) is 2.44. The molecule has 0 aromatic heterocycles. The van der Waals surface area contributed by atoms with Gasteiger partial charge in [0.2, 0.25) is 10.0 Å². The standard InChI is InChI=1S/C13H17ClN2O5S/c1-9-7-15(8-13(2,3)21-9)22(19,20)12-5-4-10(16(17)18)6-11(12)14/h4-6,9H,7-8H2,1-3H3. The lowest BCUT2D eigenvalue weighted by atomic mass is 10.1. The number of hydrogen-bond donors (Lipinski definition) is 0. The molecule has 1 aliphatic rings. The Morgan fingerprint density at radius 1 is 1.45 bits per heavy atom. The predicted molar refractivity (Wildman–Crippen MR) is 81.5 cm³/mol. The van der Waals surface area contributed by atoms with E-state index in [2.05, 4.69) is 0 Å². The third kappa shape index (κ3) is 3.40. The molecule has 1 heterocycles. The summed E-state index contributed by atoms with van der Waals surface area (Å²) in [5, 5.41) is 10.6. The Morgan fingerprint density at radius 2 is 2.09 bits per heavy atom. The van der Waals surface area contributed by atoms with Gasteiger partial charge < -0.3 is 4.74 Å². The van der Waals surface area contributed by atoms with E-state index < -0.39 is 20.5 Å². The van der Waals surface area contributed by atoms with Gasteiger partial charge in [-0.2, -0.15) is 4.31 Å². The van der Waals surface area contributed by atoms with E-state index in [-0.39, 0.29) is 34.8 Å². The van der Waals surface area contributed by atoms with E-state index in [0.717, 1.165) is 12.1 Å². The van der Waals surface area contributed by atoms with Crippen LogP contribution in [0.3, 0.4) is 0 Å². The summed E-state index contributed by atoms with van der Waals surface area (Å²) in [5.41, 5.74) is -0.863. The van der Waals surface area contributed by atoms with Crippen LogP contribution in [0.25, 0.3) is 0 Å². The zero-order chi connectivity index (χ0) is 16.7. The van der Waals surface area contributed by atoms with Crippen molar-refractivity contribution in [3.8, 4) is 0 Å². The minimum Gasteiger partial charge on any atom is -0.370 e. The Hall–Kier alpha value is -1.22. The summed E-state index contributed by atoms with van der Waals surface area (Å²) in [5.74, 6) is 0. The van der Waals surface area contributed by atoms with Crippen LogP contribution in [0.15, 0.2) is 23.1 Å². The highest BCUT2D eigenvalue weighted by Gasteiger charge is 2.38. The lowest BCUT2D eigenvalue weighted by Crippen LogP contribution is -2.53. The Balaban J connectivity index is 2.40. The molecule has 0 bridgehead atoms. The molecule has 1 aromatic carbocycles. The van der Waals surface area contributed by atoms with Crippen molar-refractivity contribution in [2.24, 2.45) is 0 Å². The van der Waals surface area contributed by atoms with Gasteiger partial charge in [-0.3, -0.25) is 10.1 Å². The van der Waals surface area contributed by atoms with Crippen molar-refractivity contribution in [1.82, 2.24) is 4.31 Å².